The Labute approximate surface area is 238 Å². The highest BCUT2D eigenvalue weighted by Gasteiger charge is 2.24. The number of hydrogen-bond acceptors (Lipinski definition) is 4. The van der Waals surface area contributed by atoms with Gasteiger partial charge in [-0.25, -0.2) is 15.0 Å². The second-order valence-corrected chi connectivity index (χ2v) is 10.4. The van der Waals surface area contributed by atoms with Crippen molar-refractivity contribution in [3.05, 3.63) is 138 Å². The topological polar surface area (TPSA) is 65.1 Å². The van der Waals surface area contributed by atoms with Gasteiger partial charge < -0.3 is 0 Å². The normalized spacial score (nSPS) is 11.9. The van der Waals surface area contributed by atoms with Crippen molar-refractivity contribution in [1.29, 1.82) is 0 Å². The van der Waals surface area contributed by atoms with Gasteiger partial charge in [0.15, 0.2) is 5.82 Å². The monoisotopic (exact) mass is 539 g/mol. The lowest BCUT2D eigenvalue weighted by Crippen LogP contribution is -2.16. The van der Waals surface area contributed by atoms with Crippen molar-refractivity contribution in [2.45, 2.75) is 0 Å². The van der Waals surface area contributed by atoms with Crippen LogP contribution in [0.5, 0.6) is 0 Å². The first-order valence-electron chi connectivity index (χ1n) is 13.9. The van der Waals surface area contributed by atoms with Crippen molar-refractivity contribution in [1.82, 2.24) is 23.9 Å². The fraction of sp³-hybridized carbons (Fsp3) is 0. The van der Waals surface area contributed by atoms with Crippen LogP contribution in [0.3, 0.4) is 0 Å². The van der Waals surface area contributed by atoms with E-state index in [4.69, 9.17) is 15.0 Å². The van der Waals surface area contributed by atoms with Gasteiger partial charge in [0.1, 0.15) is 11.3 Å². The molecule has 5 aromatic carbocycles. The number of fused-ring (bicyclic) bond motifs is 10. The Balaban J connectivity index is 1.58. The zero-order chi connectivity index (χ0) is 27.8. The summed E-state index contributed by atoms with van der Waals surface area (Å²) in [6.07, 6.45) is 0. The third-order valence-corrected chi connectivity index (χ3v) is 8.08. The largest absolute Gasteiger partial charge is 0.290 e. The van der Waals surface area contributed by atoms with Crippen LogP contribution in [0.1, 0.15) is 0 Å². The van der Waals surface area contributed by atoms with Crippen LogP contribution in [0.25, 0.3) is 77.4 Å². The van der Waals surface area contributed by atoms with Crippen LogP contribution < -0.4 is 5.56 Å². The highest BCUT2D eigenvalue weighted by Crippen LogP contribution is 2.39. The molecule has 0 aliphatic carbocycles. The molecule has 0 saturated carbocycles. The minimum atomic E-state index is -0.0952. The van der Waals surface area contributed by atoms with Gasteiger partial charge in [-0.3, -0.25) is 13.8 Å². The van der Waals surface area contributed by atoms with Crippen LogP contribution in [0.15, 0.2) is 132 Å². The standard InChI is InChI=1S/C36H21N5O/c42-36-25-16-6-8-18-27(25)38-34-24-15-5-4-14-23(24)32-33(41(34)36)26-17-7-11-21-30(26)40(32)35-31(22-12-2-1-3-13-22)37-28-19-9-10-20-29(28)39-35/h1-21H. The Hall–Kier alpha value is -5.88. The quantitative estimate of drug-likeness (QED) is 0.167. The third kappa shape index (κ3) is 3.09. The third-order valence-electron chi connectivity index (χ3n) is 8.08. The van der Waals surface area contributed by atoms with Crippen LogP contribution in [0, 0.1) is 0 Å². The molecule has 9 rings (SSSR count). The molecule has 0 unspecified atom stereocenters. The fourth-order valence-electron chi connectivity index (χ4n) is 6.26. The Morgan fingerprint density at radius 1 is 0.476 bits per heavy atom. The van der Waals surface area contributed by atoms with E-state index >= 15 is 0 Å². The smallest absolute Gasteiger partial charge is 0.266 e. The maximum absolute atomic E-state index is 14.3. The van der Waals surface area contributed by atoms with Gasteiger partial charge in [0.05, 0.1) is 38.5 Å². The van der Waals surface area contributed by atoms with Gasteiger partial charge in [-0.2, -0.15) is 0 Å². The Morgan fingerprint density at radius 2 is 1.07 bits per heavy atom. The summed E-state index contributed by atoms with van der Waals surface area (Å²) in [6, 6.07) is 42.0. The summed E-state index contributed by atoms with van der Waals surface area (Å²) in [4.78, 5) is 29.7. The highest BCUT2D eigenvalue weighted by atomic mass is 16.1. The number of aromatic nitrogens is 5. The lowest BCUT2D eigenvalue weighted by Gasteiger charge is -2.15. The van der Waals surface area contributed by atoms with Gasteiger partial charge in [-0.1, -0.05) is 97.1 Å². The summed E-state index contributed by atoms with van der Waals surface area (Å²) in [5.41, 5.74) is 7.21. The molecule has 42 heavy (non-hydrogen) atoms. The molecule has 0 aliphatic heterocycles. The van der Waals surface area contributed by atoms with E-state index in [1.807, 2.05) is 97.1 Å². The summed E-state index contributed by atoms with van der Waals surface area (Å²) in [6.45, 7) is 0. The van der Waals surface area contributed by atoms with E-state index in [2.05, 4.69) is 34.9 Å². The highest BCUT2D eigenvalue weighted by molar-refractivity contribution is 6.20. The van der Waals surface area contributed by atoms with E-state index in [1.54, 1.807) is 4.40 Å². The molecular weight excluding hydrogens is 518 g/mol. The molecule has 0 atom stereocenters. The van der Waals surface area contributed by atoms with Crippen LogP contribution in [-0.4, -0.2) is 23.9 Å². The number of rotatable bonds is 2. The van der Waals surface area contributed by atoms with Gasteiger partial charge in [-0.05, 0) is 30.3 Å². The van der Waals surface area contributed by atoms with Crippen LogP contribution in [0.2, 0.25) is 0 Å². The van der Waals surface area contributed by atoms with Crippen molar-refractivity contribution >= 4 is 60.3 Å². The minimum absolute atomic E-state index is 0.0952. The van der Waals surface area contributed by atoms with Crippen molar-refractivity contribution in [3.63, 3.8) is 0 Å². The number of pyridine rings is 1. The molecule has 0 saturated heterocycles. The molecule has 4 aromatic heterocycles. The van der Waals surface area contributed by atoms with E-state index in [0.717, 1.165) is 55.0 Å². The van der Waals surface area contributed by atoms with E-state index in [-0.39, 0.29) is 5.56 Å². The maximum Gasteiger partial charge on any atom is 0.266 e. The van der Waals surface area contributed by atoms with E-state index in [9.17, 15) is 4.79 Å². The van der Waals surface area contributed by atoms with Gasteiger partial charge in [-0.15, -0.1) is 0 Å². The van der Waals surface area contributed by atoms with Gasteiger partial charge >= 0.3 is 0 Å². The first-order chi connectivity index (χ1) is 20.8. The Bertz CT molecular complexity index is 2600. The lowest BCUT2D eigenvalue weighted by molar-refractivity contribution is 1.08. The summed E-state index contributed by atoms with van der Waals surface area (Å²) in [5, 5.41) is 3.40. The second kappa shape index (κ2) is 8.56. The van der Waals surface area contributed by atoms with Crippen molar-refractivity contribution in [3.8, 4) is 17.1 Å². The van der Waals surface area contributed by atoms with Crippen molar-refractivity contribution in [2.75, 3.05) is 0 Å². The van der Waals surface area contributed by atoms with Crippen molar-refractivity contribution in [2.24, 2.45) is 0 Å². The molecule has 6 nitrogen and oxygen atoms in total. The molecule has 0 radical (unpaired) electrons. The molecular formula is C36H21N5O. The lowest BCUT2D eigenvalue weighted by atomic mass is 10.1. The van der Waals surface area contributed by atoms with Gasteiger partial charge in [0, 0.05) is 21.7 Å². The molecule has 0 fully saturated rings. The summed E-state index contributed by atoms with van der Waals surface area (Å²) >= 11 is 0. The molecule has 9 aromatic rings. The predicted molar refractivity (Wildman–Crippen MR) is 169 cm³/mol. The molecule has 6 heteroatoms. The zero-order valence-corrected chi connectivity index (χ0v) is 22.3. The molecule has 0 bridgehead atoms. The molecule has 0 aliphatic rings. The minimum Gasteiger partial charge on any atom is -0.290 e. The van der Waals surface area contributed by atoms with Gasteiger partial charge in [0.2, 0.25) is 0 Å². The molecule has 196 valence electrons. The SMILES string of the molecule is O=c1c2ccccc2nc2c3ccccc3c3c(c4ccccc4n3-c3nc4ccccc4nc3-c3ccccc3)n12. The van der Waals surface area contributed by atoms with E-state index in [0.29, 0.717) is 22.4 Å². The molecule has 0 N–H and O–H groups in total. The first kappa shape index (κ1) is 22.9. The average Bonchev–Trinajstić information content (AvgIpc) is 3.40. The van der Waals surface area contributed by atoms with Crippen LogP contribution >= 0.6 is 0 Å². The molecule has 0 amide bonds. The number of nitrogens with zero attached hydrogens (tertiary/aromatic N) is 5. The van der Waals surface area contributed by atoms with Crippen LogP contribution in [0.4, 0.5) is 0 Å². The average molecular weight is 540 g/mol. The van der Waals surface area contributed by atoms with Crippen molar-refractivity contribution < 1.29 is 0 Å². The summed E-state index contributed by atoms with van der Waals surface area (Å²) in [7, 11) is 0. The Morgan fingerprint density at radius 3 is 1.86 bits per heavy atom. The summed E-state index contributed by atoms with van der Waals surface area (Å²) < 4.78 is 3.96. The van der Waals surface area contributed by atoms with Crippen LogP contribution in [-0.2, 0) is 0 Å². The molecule has 4 heterocycles. The number of benzene rings is 5. The van der Waals surface area contributed by atoms with E-state index < -0.39 is 0 Å². The predicted octanol–water partition coefficient (Wildman–Crippen LogP) is 7.71. The fourth-order valence-corrected chi connectivity index (χ4v) is 6.26. The number of hydrogen-bond donors (Lipinski definition) is 0. The Kier molecular flexibility index (Phi) is 4.66. The number of para-hydroxylation sites is 4. The molecule has 0 spiro atoms. The van der Waals surface area contributed by atoms with E-state index in [1.165, 1.54) is 0 Å². The zero-order valence-electron chi connectivity index (χ0n) is 22.3. The second-order valence-electron chi connectivity index (χ2n) is 10.4. The first-order valence-corrected chi connectivity index (χ1v) is 13.9. The van der Waals surface area contributed by atoms with Gasteiger partial charge in [0.25, 0.3) is 5.56 Å². The maximum atomic E-state index is 14.3. The summed E-state index contributed by atoms with van der Waals surface area (Å²) in [5.74, 6) is 0.706.